The van der Waals surface area contributed by atoms with Gasteiger partial charge in [0.25, 0.3) is 0 Å². The van der Waals surface area contributed by atoms with Gasteiger partial charge in [-0.05, 0) is 35.4 Å². The van der Waals surface area contributed by atoms with Gasteiger partial charge in [-0.3, -0.25) is 0 Å². The molecule has 2 rings (SSSR count). The fourth-order valence-corrected chi connectivity index (χ4v) is 1.35. The van der Waals surface area contributed by atoms with Gasteiger partial charge in [-0.2, -0.15) is 0 Å². The summed E-state index contributed by atoms with van der Waals surface area (Å²) < 4.78 is 0. The normalized spacial score (nSPS) is 9.33. The van der Waals surface area contributed by atoms with Crippen molar-refractivity contribution in [2.45, 2.75) is 0 Å². The van der Waals surface area contributed by atoms with Crippen molar-refractivity contribution in [2.75, 3.05) is 11.5 Å². The number of hydrogen-bond donors (Lipinski definition) is 2. The first kappa shape index (κ1) is 11.6. The van der Waals surface area contributed by atoms with Gasteiger partial charge in [0, 0.05) is 27.9 Å². The van der Waals surface area contributed by atoms with Gasteiger partial charge < -0.3 is 11.5 Å². The van der Waals surface area contributed by atoms with Crippen molar-refractivity contribution in [2.24, 2.45) is 0 Å². The van der Waals surface area contributed by atoms with Crippen LogP contribution in [-0.2, 0) is 16.5 Å². The van der Waals surface area contributed by atoms with E-state index in [1.165, 1.54) is 0 Å². The molecule has 0 saturated carbocycles. The van der Waals surface area contributed by atoms with E-state index in [1.54, 1.807) is 0 Å². The molecule has 0 radical (unpaired) electrons. The quantitative estimate of drug-likeness (QED) is 0.597. The van der Waals surface area contributed by atoms with Crippen LogP contribution in [0.1, 0.15) is 0 Å². The van der Waals surface area contributed by atoms with Crippen LogP contribution < -0.4 is 11.5 Å². The van der Waals surface area contributed by atoms with Gasteiger partial charge in [0.1, 0.15) is 0 Å². The average Bonchev–Trinajstić information content (AvgIpc) is 2.21. The van der Waals surface area contributed by atoms with Crippen molar-refractivity contribution in [1.29, 1.82) is 0 Å². The Morgan fingerprint density at radius 1 is 0.533 bits per heavy atom. The summed E-state index contributed by atoms with van der Waals surface area (Å²) in [5.41, 5.74) is 15.1. The van der Waals surface area contributed by atoms with Crippen LogP contribution >= 0.6 is 0 Å². The van der Waals surface area contributed by atoms with E-state index >= 15 is 0 Å². The van der Waals surface area contributed by atoms with Crippen molar-refractivity contribution < 1.29 is 16.5 Å². The molecule has 0 atom stereocenters. The maximum atomic E-state index is 5.61. The average molecular weight is 243 g/mol. The number of nitrogens with two attached hydrogens (primary N) is 2. The van der Waals surface area contributed by atoms with Crippen molar-refractivity contribution in [3.63, 3.8) is 0 Å². The Kier molecular flexibility index (Phi) is 3.76. The van der Waals surface area contributed by atoms with Crippen LogP contribution in [0, 0.1) is 0 Å². The summed E-state index contributed by atoms with van der Waals surface area (Å²) in [5.74, 6) is 0. The fraction of sp³-hybridized carbons (Fsp3) is 0. The Morgan fingerprint density at radius 3 is 1.07 bits per heavy atom. The Bertz CT molecular complexity index is 377. The van der Waals surface area contributed by atoms with Crippen LogP contribution in [0.3, 0.4) is 0 Å². The molecule has 0 heterocycles. The summed E-state index contributed by atoms with van der Waals surface area (Å²) in [7, 11) is 0. The summed E-state index contributed by atoms with van der Waals surface area (Å²) in [6, 6.07) is 15.6. The predicted molar refractivity (Wildman–Crippen MR) is 60.7 cm³/mol. The zero-order valence-electron chi connectivity index (χ0n) is 8.09. The van der Waals surface area contributed by atoms with Crippen LogP contribution in [0.5, 0.6) is 0 Å². The number of benzene rings is 2. The number of nitrogen functional groups attached to an aromatic ring is 2. The Morgan fingerprint density at radius 2 is 0.800 bits per heavy atom. The molecule has 0 aliphatic heterocycles. The molecule has 0 spiro atoms. The molecule has 3 heteroatoms. The van der Waals surface area contributed by atoms with E-state index in [2.05, 4.69) is 0 Å². The Hall–Kier alpha value is -1.47. The number of hydrogen-bond acceptors (Lipinski definition) is 2. The van der Waals surface area contributed by atoms with Gasteiger partial charge in [0.15, 0.2) is 0 Å². The van der Waals surface area contributed by atoms with Crippen LogP contribution in [-0.4, -0.2) is 0 Å². The zero-order valence-corrected chi connectivity index (χ0v) is 9.08. The molecule has 2 aromatic carbocycles. The first-order chi connectivity index (χ1) is 6.75. The van der Waals surface area contributed by atoms with Gasteiger partial charge in [0.05, 0.1) is 0 Å². The largest absolute Gasteiger partial charge is 0.399 e. The summed E-state index contributed by atoms with van der Waals surface area (Å²) in [6.45, 7) is 0. The Labute approximate surface area is 99.2 Å². The summed E-state index contributed by atoms with van der Waals surface area (Å²) in [4.78, 5) is 0. The third-order valence-corrected chi connectivity index (χ3v) is 2.15. The minimum absolute atomic E-state index is 0. The third kappa shape index (κ3) is 2.74. The fourth-order valence-electron chi connectivity index (χ4n) is 1.35. The van der Waals surface area contributed by atoms with Crippen LogP contribution in [0.4, 0.5) is 11.4 Å². The second-order valence-corrected chi connectivity index (χ2v) is 3.24. The van der Waals surface area contributed by atoms with Crippen LogP contribution in [0.2, 0.25) is 0 Å². The van der Waals surface area contributed by atoms with Crippen molar-refractivity contribution in [1.82, 2.24) is 0 Å². The van der Waals surface area contributed by atoms with Crippen molar-refractivity contribution >= 4 is 11.4 Å². The van der Waals surface area contributed by atoms with Gasteiger partial charge in [-0.15, -0.1) is 0 Å². The number of rotatable bonds is 1. The third-order valence-electron chi connectivity index (χ3n) is 2.15. The molecule has 2 aromatic rings. The summed E-state index contributed by atoms with van der Waals surface area (Å²) in [6.07, 6.45) is 0. The van der Waals surface area contributed by atoms with Gasteiger partial charge in [-0.1, -0.05) is 24.3 Å². The minimum Gasteiger partial charge on any atom is -0.399 e. The predicted octanol–water partition coefficient (Wildman–Crippen LogP) is 2.52. The standard InChI is InChI=1S/C12H12N2.Ni/c13-11-5-1-9(2-6-11)10-3-7-12(14)8-4-10;/h1-8H,13-14H2;. The first-order valence-electron chi connectivity index (χ1n) is 4.47. The van der Waals surface area contributed by atoms with Gasteiger partial charge in [-0.25, -0.2) is 0 Å². The molecule has 0 amide bonds. The molecule has 0 fully saturated rings. The Balaban J connectivity index is 0.00000112. The molecular formula is C12H12N2Ni. The molecule has 4 N–H and O–H groups in total. The molecule has 0 bridgehead atoms. The number of anilines is 2. The molecule has 0 aromatic heterocycles. The molecule has 80 valence electrons. The van der Waals surface area contributed by atoms with E-state index in [9.17, 15) is 0 Å². The SMILES string of the molecule is Nc1ccc(-c2ccc(N)cc2)cc1.[Ni]. The van der Waals surface area contributed by atoms with Crippen molar-refractivity contribution in [3.05, 3.63) is 48.5 Å². The molecule has 0 aliphatic rings. The minimum atomic E-state index is 0. The topological polar surface area (TPSA) is 52.0 Å². The first-order valence-corrected chi connectivity index (χ1v) is 4.47. The zero-order chi connectivity index (χ0) is 9.97. The molecule has 15 heavy (non-hydrogen) atoms. The van der Waals surface area contributed by atoms with E-state index in [4.69, 9.17) is 11.5 Å². The maximum absolute atomic E-state index is 5.61. The summed E-state index contributed by atoms with van der Waals surface area (Å²) >= 11 is 0. The van der Waals surface area contributed by atoms with Gasteiger partial charge >= 0.3 is 0 Å². The van der Waals surface area contributed by atoms with E-state index in [0.717, 1.165) is 22.5 Å². The second kappa shape index (κ2) is 4.85. The second-order valence-electron chi connectivity index (χ2n) is 3.24. The van der Waals surface area contributed by atoms with E-state index in [-0.39, 0.29) is 16.5 Å². The maximum Gasteiger partial charge on any atom is 0.0314 e. The smallest absolute Gasteiger partial charge is 0.0314 e. The van der Waals surface area contributed by atoms with Crippen LogP contribution in [0.15, 0.2) is 48.5 Å². The van der Waals surface area contributed by atoms with E-state index in [0.29, 0.717) is 0 Å². The van der Waals surface area contributed by atoms with Crippen molar-refractivity contribution in [3.8, 4) is 11.1 Å². The molecule has 0 unspecified atom stereocenters. The van der Waals surface area contributed by atoms with E-state index < -0.39 is 0 Å². The monoisotopic (exact) mass is 242 g/mol. The molecule has 0 aliphatic carbocycles. The van der Waals surface area contributed by atoms with Crippen LogP contribution in [0.25, 0.3) is 11.1 Å². The molecule has 0 saturated heterocycles. The molecular weight excluding hydrogens is 231 g/mol. The summed E-state index contributed by atoms with van der Waals surface area (Å²) in [5, 5.41) is 0. The molecule has 2 nitrogen and oxygen atoms in total. The van der Waals surface area contributed by atoms with E-state index in [1.807, 2.05) is 48.5 Å². The van der Waals surface area contributed by atoms with Gasteiger partial charge in [0.2, 0.25) is 0 Å².